The number of nitrogens with zero attached hydrogens (tertiary/aromatic N) is 2. The second-order valence-electron chi connectivity index (χ2n) is 16.5. The van der Waals surface area contributed by atoms with Gasteiger partial charge in [0.15, 0.2) is 0 Å². The average molecular weight is 770 g/mol. The summed E-state index contributed by atoms with van der Waals surface area (Å²) in [5.74, 6) is -2.10. The summed E-state index contributed by atoms with van der Waals surface area (Å²) in [7, 11) is 0. The lowest BCUT2D eigenvalue weighted by Gasteiger charge is -2.56. The number of nitrogens with one attached hydrogen (secondary N) is 2. The van der Waals surface area contributed by atoms with E-state index in [1.165, 1.54) is 6.07 Å². The monoisotopic (exact) mass is 768 g/mol. The molecule has 0 unspecified atom stereocenters. The first kappa shape index (κ1) is 37.1. The van der Waals surface area contributed by atoms with Crippen molar-refractivity contribution in [2.45, 2.75) is 113 Å². The Morgan fingerprint density at radius 3 is 2.20 bits per heavy atom. The lowest BCUT2D eigenvalue weighted by Crippen LogP contribution is -2.64. The zero-order chi connectivity index (χ0) is 37.8. The third-order valence-corrected chi connectivity index (χ3v) is 13.5. The molecule has 2 aliphatic heterocycles. The number of rotatable bonds is 7. The first-order valence-electron chi connectivity index (χ1n) is 19.3. The number of carbonyl (C=O) groups is 2. The van der Waals surface area contributed by atoms with E-state index in [0.29, 0.717) is 29.8 Å². The van der Waals surface area contributed by atoms with Crippen molar-refractivity contribution in [2.75, 3.05) is 5.32 Å². The maximum Gasteiger partial charge on any atom is 0.238 e. The van der Waals surface area contributed by atoms with E-state index in [2.05, 4.69) is 34.4 Å². The van der Waals surface area contributed by atoms with Gasteiger partial charge in [0.05, 0.1) is 23.2 Å². The molecule has 4 aliphatic rings. The minimum Gasteiger partial charge on any atom is -0.386 e. The molecule has 5 atom stereocenters. The molecule has 2 amide bonds. The van der Waals surface area contributed by atoms with Crippen molar-refractivity contribution < 1.29 is 19.1 Å². The Balaban J connectivity index is 1.48. The molecule has 3 fully saturated rings. The molecule has 3 heterocycles. The van der Waals surface area contributed by atoms with Crippen LogP contribution >= 0.6 is 23.2 Å². The highest BCUT2D eigenvalue weighted by Gasteiger charge is 2.77. The summed E-state index contributed by atoms with van der Waals surface area (Å²) in [6, 6.07) is 25.5. The minimum absolute atomic E-state index is 0.0740. The van der Waals surface area contributed by atoms with Gasteiger partial charge < -0.3 is 15.7 Å². The third-order valence-electron chi connectivity index (χ3n) is 13.0. The smallest absolute Gasteiger partial charge is 0.238 e. The molecule has 1 aromatic heterocycles. The van der Waals surface area contributed by atoms with Crippen LogP contribution in [0.1, 0.15) is 112 Å². The Bertz CT molecular complexity index is 2030. The first-order chi connectivity index (χ1) is 26.0. The van der Waals surface area contributed by atoms with Gasteiger partial charge in [0, 0.05) is 23.1 Å². The summed E-state index contributed by atoms with van der Waals surface area (Å²) in [6.45, 7) is 4.45. The van der Waals surface area contributed by atoms with E-state index in [-0.39, 0.29) is 39.0 Å². The van der Waals surface area contributed by atoms with Crippen molar-refractivity contribution in [3.8, 4) is 0 Å². The maximum atomic E-state index is 17.0. The number of carbonyl (C=O) groups excluding carboxylic acids is 2. The number of likely N-dealkylation sites (tertiary alicyclic amines) is 1. The van der Waals surface area contributed by atoms with E-state index in [0.717, 1.165) is 50.5 Å². The van der Waals surface area contributed by atoms with Crippen molar-refractivity contribution >= 4 is 40.8 Å². The topological polar surface area (TPSA) is 94.6 Å². The maximum absolute atomic E-state index is 17.0. The molecule has 3 N–H and O–H groups in total. The minimum atomic E-state index is -1.54. The zero-order valence-electron chi connectivity index (χ0n) is 30.7. The predicted molar refractivity (Wildman–Crippen MR) is 210 cm³/mol. The van der Waals surface area contributed by atoms with Gasteiger partial charge in [0.25, 0.3) is 0 Å². The number of halogens is 3. The normalized spacial score (nSPS) is 26.0. The fraction of sp³-hybridized carbons (Fsp3) is 0.432. The zero-order valence-corrected chi connectivity index (χ0v) is 32.2. The second-order valence-corrected chi connectivity index (χ2v) is 17.3. The number of aliphatic hydroxyl groups excluding tert-OH is 1. The van der Waals surface area contributed by atoms with E-state index in [4.69, 9.17) is 23.2 Å². The Kier molecular flexibility index (Phi) is 9.87. The molecule has 1 saturated heterocycles. The van der Waals surface area contributed by atoms with Gasteiger partial charge in [-0.25, -0.2) is 9.37 Å². The summed E-state index contributed by atoms with van der Waals surface area (Å²) in [5.41, 5.74) is -0.535. The van der Waals surface area contributed by atoms with Crippen LogP contribution in [0.25, 0.3) is 0 Å². The van der Waals surface area contributed by atoms with Crippen LogP contribution in [0.2, 0.25) is 10.2 Å². The highest BCUT2D eigenvalue weighted by atomic mass is 35.5. The Morgan fingerprint density at radius 2 is 1.54 bits per heavy atom. The molecule has 2 spiro atoms. The standard InChI is InChI=1S/C44H47Cl2FN4O3/c1-42(2)23-25-43(26-24-42)44(31-21-22-33(46)49-39(31)50-41(44)54)34(30-19-12-20-32(45)35(30)47)37(40(53)48-29-17-10-5-11-18-29)51(43)36(27-13-6-3-7-14-27)38(52)28-15-8-4-9-16-28/h3-4,6-9,12-16,19-22,29,34,36-38,52H,5,10-11,17-18,23-26H2,1-2H3,(H,48,53)(H,49,50,54)/t34-,36+,37+,38-,44+/m0/s1. The Hall–Kier alpha value is -3.82. The molecule has 3 aromatic carbocycles. The molecule has 8 rings (SSSR count). The Morgan fingerprint density at radius 1 is 0.889 bits per heavy atom. The summed E-state index contributed by atoms with van der Waals surface area (Å²) in [4.78, 5) is 37.9. The molecule has 10 heteroatoms. The van der Waals surface area contributed by atoms with Crippen LogP contribution < -0.4 is 10.6 Å². The van der Waals surface area contributed by atoms with Crippen LogP contribution in [-0.2, 0) is 15.0 Å². The van der Waals surface area contributed by atoms with Crippen LogP contribution in [0.3, 0.4) is 0 Å². The number of benzene rings is 3. The lowest BCUT2D eigenvalue weighted by molar-refractivity contribution is -0.137. The van der Waals surface area contributed by atoms with Gasteiger partial charge in [-0.05, 0) is 72.8 Å². The fourth-order valence-electron chi connectivity index (χ4n) is 10.5. The first-order valence-corrected chi connectivity index (χ1v) is 20.0. The van der Waals surface area contributed by atoms with E-state index in [1.807, 2.05) is 66.7 Å². The number of anilines is 1. The van der Waals surface area contributed by atoms with Crippen molar-refractivity contribution in [3.05, 3.63) is 129 Å². The van der Waals surface area contributed by atoms with Crippen LogP contribution in [0.4, 0.5) is 10.2 Å². The van der Waals surface area contributed by atoms with Crippen molar-refractivity contribution in [3.63, 3.8) is 0 Å². The molecule has 7 nitrogen and oxygen atoms in total. The van der Waals surface area contributed by atoms with Gasteiger partial charge in [-0.2, -0.15) is 0 Å². The SMILES string of the molecule is CC1(C)CCC2(CC1)N([C@H](c1ccccc1)[C@@H](O)c1ccccc1)[C@@H](C(=O)NC1CCCCC1)[C@H](c1cccc(Cl)c1F)[C@]21C(=O)Nc2nc(Cl)ccc21. The van der Waals surface area contributed by atoms with Gasteiger partial charge >= 0.3 is 0 Å². The largest absolute Gasteiger partial charge is 0.386 e. The average Bonchev–Trinajstić information content (AvgIpc) is 3.60. The second kappa shape index (κ2) is 14.4. The van der Waals surface area contributed by atoms with Crippen LogP contribution in [-0.4, -0.2) is 44.4 Å². The summed E-state index contributed by atoms with van der Waals surface area (Å²) in [6.07, 6.45) is 6.06. The number of amides is 2. The molecule has 282 valence electrons. The third kappa shape index (κ3) is 5.96. The number of aliphatic hydroxyl groups is 1. The quantitative estimate of drug-likeness (QED) is 0.163. The number of hydrogen-bond acceptors (Lipinski definition) is 5. The van der Waals surface area contributed by atoms with E-state index in [9.17, 15) is 5.11 Å². The molecule has 0 radical (unpaired) electrons. The van der Waals surface area contributed by atoms with Gasteiger partial charge in [-0.15, -0.1) is 0 Å². The van der Waals surface area contributed by atoms with Crippen molar-refractivity contribution in [1.82, 2.24) is 15.2 Å². The van der Waals surface area contributed by atoms with Crippen molar-refractivity contribution in [2.24, 2.45) is 5.41 Å². The molecular formula is C44H47Cl2FN4O3. The molecule has 54 heavy (non-hydrogen) atoms. The Labute approximate surface area is 326 Å². The molecule has 4 aromatic rings. The van der Waals surface area contributed by atoms with E-state index >= 15 is 14.0 Å². The number of hydrogen-bond donors (Lipinski definition) is 3. The summed E-state index contributed by atoms with van der Waals surface area (Å²) in [5, 5.41) is 19.4. The molecule has 2 aliphatic carbocycles. The predicted octanol–water partition coefficient (Wildman–Crippen LogP) is 9.45. The van der Waals surface area contributed by atoms with Crippen LogP contribution in [0, 0.1) is 11.2 Å². The van der Waals surface area contributed by atoms with Crippen LogP contribution in [0.15, 0.2) is 91.0 Å². The van der Waals surface area contributed by atoms with Crippen LogP contribution in [0.5, 0.6) is 0 Å². The number of fused-ring (bicyclic) bond motifs is 3. The van der Waals surface area contributed by atoms with E-state index < -0.39 is 40.9 Å². The fourth-order valence-corrected chi connectivity index (χ4v) is 10.8. The van der Waals surface area contributed by atoms with E-state index in [1.54, 1.807) is 18.2 Å². The van der Waals surface area contributed by atoms with Gasteiger partial charge in [0.2, 0.25) is 11.8 Å². The number of aromatic nitrogens is 1. The summed E-state index contributed by atoms with van der Waals surface area (Å²) >= 11 is 13.1. The molecular weight excluding hydrogens is 722 g/mol. The lowest BCUT2D eigenvalue weighted by atomic mass is 9.53. The highest BCUT2D eigenvalue weighted by Crippen LogP contribution is 2.69. The van der Waals surface area contributed by atoms with Gasteiger partial charge in [-0.1, -0.05) is 135 Å². The highest BCUT2D eigenvalue weighted by molar-refractivity contribution is 6.31. The van der Waals surface area contributed by atoms with Gasteiger partial charge in [-0.3, -0.25) is 14.5 Å². The van der Waals surface area contributed by atoms with Gasteiger partial charge in [0.1, 0.15) is 22.2 Å². The molecule has 0 bridgehead atoms. The summed E-state index contributed by atoms with van der Waals surface area (Å²) < 4.78 is 17.0. The molecule has 2 saturated carbocycles. The van der Waals surface area contributed by atoms with Crippen molar-refractivity contribution in [1.29, 1.82) is 0 Å². The number of pyridine rings is 1.